The van der Waals surface area contributed by atoms with Crippen LogP contribution in [0.25, 0.3) is 11.3 Å². The number of carbonyl (C=O) groups excluding carboxylic acids is 2. The van der Waals surface area contributed by atoms with Crippen LogP contribution in [-0.2, 0) is 4.79 Å². The van der Waals surface area contributed by atoms with Crippen LogP contribution in [0.15, 0.2) is 28.8 Å². The Bertz CT molecular complexity index is 973. The van der Waals surface area contributed by atoms with Gasteiger partial charge in [-0.3, -0.25) is 9.59 Å². The molecule has 0 unspecified atom stereocenters. The van der Waals surface area contributed by atoms with Crippen molar-refractivity contribution in [1.29, 1.82) is 0 Å². The van der Waals surface area contributed by atoms with Gasteiger partial charge in [0.1, 0.15) is 11.6 Å². The minimum absolute atomic E-state index is 0.0157. The van der Waals surface area contributed by atoms with Gasteiger partial charge in [-0.05, 0) is 37.3 Å². The SMILES string of the molecule is CN(C)C(=O)[C@@H]1CN(CC2CC2)CC[C@H]1NC(=O)c1cc(-c2ccc(F)cc2F)on1. The molecule has 0 radical (unpaired) electrons. The van der Waals surface area contributed by atoms with Gasteiger partial charge in [0, 0.05) is 51.9 Å². The van der Waals surface area contributed by atoms with Crippen LogP contribution >= 0.6 is 0 Å². The molecule has 1 saturated heterocycles. The number of piperidine rings is 1. The van der Waals surface area contributed by atoms with Gasteiger partial charge in [0.2, 0.25) is 5.91 Å². The number of benzene rings is 1. The molecule has 0 bridgehead atoms. The number of hydrogen-bond acceptors (Lipinski definition) is 5. The molecule has 1 aliphatic carbocycles. The largest absolute Gasteiger partial charge is 0.355 e. The Morgan fingerprint density at radius 2 is 2.00 bits per heavy atom. The van der Waals surface area contributed by atoms with E-state index in [1.165, 1.54) is 25.0 Å². The first-order chi connectivity index (χ1) is 14.8. The van der Waals surface area contributed by atoms with Crippen LogP contribution in [0.4, 0.5) is 8.78 Å². The van der Waals surface area contributed by atoms with E-state index in [1.807, 2.05) is 0 Å². The number of rotatable bonds is 6. The number of hydrogen-bond donors (Lipinski definition) is 1. The van der Waals surface area contributed by atoms with E-state index in [-0.39, 0.29) is 34.9 Å². The smallest absolute Gasteiger partial charge is 0.273 e. The highest BCUT2D eigenvalue weighted by Gasteiger charge is 2.38. The molecule has 2 amide bonds. The van der Waals surface area contributed by atoms with Crippen LogP contribution in [0.5, 0.6) is 0 Å². The lowest BCUT2D eigenvalue weighted by Gasteiger charge is -2.39. The van der Waals surface area contributed by atoms with Gasteiger partial charge in [0.05, 0.1) is 11.5 Å². The summed E-state index contributed by atoms with van der Waals surface area (Å²) in [6.07, 6.45) is 3.14. The van der Waals surface area contributed by atoms with Gasteiger partial charge in [-0.1, -0.05) is 5.16 Å². The van der Waals surface area contributed by atoms with Crippen LogP contribution in [-0.4, -0.2) is 66.5 Å². The molecule has 2 heterocycles. The van der Waals surface area contributed by atoms with Crippen LogP contribution < -0.4 is 5.32 Å². The molecule has 1 N–H and O–H groups in total. The normalized spacial score (nSPS) is 21.7. The van der Waals surface area contributed by atoms with Gasteiger partial charge in [-0.2, -0.15) is 0 Å². The first kappa shape index (κ1) is 21.4. The third-order valence-corrected chi connectivity index (χ3v) is 5.92. The second-order valence-electron chi connectivity index (χ2n) is 8.61. The van der Waals surface area contributed by atoms with E-state index in [0.717, 1.165) is 31.1 Å². The topological polar surface area (TPSA) is 78.7 Å². The van der Waals surface area contributed by atoms with Crippen LogP contribution in [0.2, 0.25) is 0 Å². The molecule has 166 valence electrons. The summed E-state index contributed by atoms with van der Waals surface area (Å²) < 4.78 is 32.2. The van der Waals surface area contributed by atoms with Gasteiger partial charge in [0.25, 0.3) is 5.91 Å². The van der Waals surface area contributed by atoms with E-state index in [2.05, 4.69) is 15.4 Å². The summed E-state index contributed by atoms with van der Waals surface area (Å²) in [7, 11) is 3.42. The average Bonchev–Trinajstić information content (AvgIpc) is 3.40. The predicted molar refractivity (Wildman–Crippen MR) is 109 cm³/mol. The van der Waals surface area contributed by atoms with Crippen LogP contribution in [0.1, 0.15) is 29.8 Å². The van der Waals surface area contributed by atoms with Crippen LogP contribution in [0.3, 0.4) is 0 Å². The van der Waals surface area contributed by atoms with E-state index >= 15 is 0 Å². The molecule has 4 rings (SSSR count). The first-order valence-corrected chi connectivity index (χ1v) is 10.5. The molecule has 2 atom stereocenters. The number of carbonyl (C=O) groups is 2. The number of halogens is 2. The van der Waals surface area contributed by atoms with Crippen molar-refractivity contribution < 1.29 is 22.9 Å². The maximum absolute atomic E-state index is 14.0. The minimum atomic E-state index is -0.803. The van der Waals surface area contributed by atoms with Gasteiger partial charge >= 0.3 is 0 Å². The zero-order chi connectivity index (χ0) is 22.1. The molecule has 0 spiro atoms. The first-order valence-electron chi connectivity index (χ1n) is 10.5. The minimum Gasteiger partial charge on any atom is -0.355 e. The lowest BCUT2D eigenvalue weighted by Crippen LogP contribution is -2.56. The van der Waals surface area contributed by atoms with Crippen molar-refractivity contribution in [3.05, 3.63) is 41.6 Å². The highest BCUT2D eigenvalue weighted by atomic mass is 19.1. The zero-order valence-electron chi connectivity index (χ0n) is 17.6. The average molecular weight is 432 g/mol. The molecule has 1 saturated carbocycles. The third-order valence-electron chi connectivity index (χ3n) is 5.92. The van der Waals surface area contributed by atoms with Gasteiger partial charge in [-0.15, -0.1) is 0 Å². The fraction of sp³-hybridized carbons (Fsp3) is 0.500. The van der Waals surface area contributed by atoms with Gasteiger partial charge < -0.3 is 19.6 Å². The van der Waals surface area contributed by atoms with Gasteiger partial charge in [0.15, 0.2) is 11.5 Å². The second kappa shape index (κ2) is 8.74. The number of nitrogens with one attached hydrogen (secondary N) is 1. The summed E-state index contributed by atoms with van der Waals surface area (Å²) in [6.45, 7) is 2.40. The molecule has 31 heavy (non-hydrogen) atoms. The number of nitrogens with zero attached hydrogens (tertiary/aromatic N) is 3. The zero-order valence-corrected chi connectivity index (χ0v) is 17.6. The maximum atomic E-state index is 14.0. The molecule has 1 aromatic heterocycles. The van der Waals surface area contributed by atoms with Crippen molar-refractivity contribution in [2.75, 3.05) is 33.7 Å². The summed E-state index contributed by atoms with van der Waals surface area (Å²) in [5.41, 5.74) is -0.00261. The van der Waals surface area contributed by atoms with Crippen molar-refractivity contribution in [3.8, 4) is 11.3 Å². The molecular weight excluding hydrogens is 406 g/mol. The van der Waals surface area contributed by atoms with Crippen molar-refractivity contribution >= 4 is 11.8 Å². The van der Waals surface area contributed by atoms with E-state index in [4.69, 9.17) is 4.52 Å². The predicted octanol–water partition coefficient (Wildman–Crippen LogP) is 2.54. The van der Waals surface area contributed by atoms with E-state index in [9.17, 15) is 18.4 Å². The fourth-order valence-corrected chi connectivity index (χ4v) is 4.05. The number of aromatic nitrogens is 1. The highest BCUT2D eigenvalue weighted by molar-refractivity contribution is 5.94. The summed E-state index contributed by atoms with van der Waals surface area (Å²) in [5.74, 6) is -1.63. The quantitative estimate of drug-likeness (QED) is 0.759. The molecule has 9 heteroatoms. The van der Waals surface area contributed by atoms with E-state index < -0.39 is 17.5 Å². The van der Waals surface area contributed by atoms with Crippen molar-refractivity contribution in [3.63, 3.8) is 0 Å². The molecule has 2 aliphatic rings. The second-order valence-corrected chi connectivity index (χ2v) is 8.61. The summed E-state index contributed by atoms with van der Waals surface area (Å²) in [4.78, 5) is 29.4. The fourth-order valence-electron chi connectivity index (χ4n) is 4.05. The molecule has 7 nitrogen and oxygen atoms in total. The maximum Gasteiger partial charge on any atom is 0.273 e. The number of amides is 2. The lowest BCUT2D eigenvalue weighted by molar-refractivity contribution is -0.135. The Kier molecular flexibility index (Phi) is 6.04. The Labute approximate surface area is 179 Å². The summed E-state index contributed by atoms with van der Waals surface area (Å²) in [6, 6.07) is 4.06. The van der Waals surface area contributed by atoms with E-state index in [1.54, 1.807) is 19.0 Å². The van der Waals surface area contributed by atoms with Gasteiger partial charge in [-0.25, -0.2) is 8.78 Å². The molecule has 1 aliphatic heterocycles. The van der Waals surface area contributed by atoms with E-state index in [0.29, 0.717) is 13.0 Å². The van der Waals surface area contributed by atoms with Crippen LogP contribution in [0, 0.1) is 23.5 Å². The standard InChI is InChI=1S/C22H26F2N4O3/c1-27(2)22(30)16-12-28(11-13-3-4-13)8-7-18(16)25-21(29)19-10-20(31-26-19)15-6-5-14(23)9-17(15)24/h5-6,9-10,13,16,18H,3-4,7-8,11-12H2,1-2H3,(H,25,29)/t16-,18-/m1/s1. The monoisotopic (exact) mass is 432 g/mol. The Hall–Kier alpha value is -2.81. The number of likely N-dealkylation sites (tertiary alicyclic amines) is 1. The molecule has 2 aromatic rings. The van der Waals surface area contributed by atoms with Crippen molar-refractivity contribution in [2.24, 2.45) is 11.8 Å². The third kappa shape index (κ3) is 4.92. The Morgan fingerprint density at radius 1 is 1.23 bits per heavy atom. The molecular formula is C22H26F2N4O3. The summed E-state index contributed by atoms with van der Waals surface area (Å²) >= 11 is 0. The highest BCUT2D eigenvalue weighted by Crippen LogP contribution is 2.31. The van der Waals surface area contributed by atoms with Crippen molar-refractivity contribution in [2.45, 2.75) is 25.3 Å². The molecule has 1 aromatic carbocycles. The summed E-state index contributed by atoms with van der Waals surface area (Å²) in [5, 5.41) is 6.65. The molecule has 2 fully saturated rings. The van der Waals surface area contributed by atoms with Crippen molar-refractivity contribution in [1.82, 2.24) is 20.3 Å². The lowest BCUT2D eigenvalue weighted by atomic mass is 9.90. The Balaban J connectivity index is 1.46. The Morgan fingerprint density at radius 3 is 2.68 bits per heavy atom.